The molecule has 1 aliphatic rings. The first kappa shape index (κ1) is 14.6. The maximum atomic E-state index is 11.5. The number of benzene rings is 1. The van der Waals surface area contributed by atoms with E-state index >= 15 is 0 Å². The Morgan fingerprint density at radius 2 is 2.29 bits per heavy atom. The molecule has 2 rings (SSSR count). The molecule has 0 aliphatic carbocycles. The van der Waals surface area contributed by atoms with Crippen molar-refractivity contribution < 1.29 is 9.53 Å². The van der Waals surface area contributed by atoms with Gasteiger partial charge in [0, 0.05) is 18.3 Å². The number of hydrogen-bond acceptors (Lipinski definition) is 6. The summed E-state index contributed by atoms with van der Waals surface area (Å²) in [5.74, 6) is 5.45. The molecule has 0 unspecified atom stereocenters. The van der Waals surface area contributed by atoms with Gasteiger partial charge in [0.1, 0.15) is 12.0 Å². The SMILES string of the molecule is CNN1C=NC(C#Cc2cc(C(=O)OC)ccc2N)=CC1. The number of aliphatic imine (C=N–C) groups is 1. The Bertz CT molecular complexity index is 668. The van der Waals surface area contributed by atoms with E-state index in [0.717, 1.165) is 0 Å². The first-order valence-electron chi connectivity index (χ1n) is 6.32. The number of esters is 1. The molecule has 0 aromatic heterocycles. The maximum absolute atomic E-state index is 11.5. The number of nitrogens with two attached hydrogens (primary N) is 1. The molecule has 1 aliphatic heterocycles. The summed E-state index contributed by atoms with van der Waals surface area (Å²) < 4.78 is 4.67. The molecule has 21 heavy (non-hydrogen) atoms. The lowest BCUT2D eigenvalue weighted by Crippen LogP contribution is -2.35. The van der Waals surface area contributed by atoms with Crippen molar-refractivity contribution in [2.24, 2.45) is 4.99 Å². The number of hydrogen-bond donors (Lipinski definition) is 2. The molecule has 6 nitrogen and oxygen atoms in total. The normalized spacial score (nSPS) is 13.2. The highest BCUT2D eigenvalue weighted by atomic mass is 16.5. The predicted octanol–water partition coefficient (Wildman–Crippen LogP) is 0.769. The zero-order chi connectivity index (χ0) is 15.2. The smallest absolute Gasteiger partial charge is 0.337 e. The third-order valence-electron chi connectivity index (χ3n) is 2.90. The number of rotatable bonds is 2. The molecular weight excluding hydrogens is 268 g/mol. The Morgan fingerprint density at radius 3 is 2.90 bits per heavy atom. The molecule has 0 saturated heterocycles. The van der Waals surface area contributed by atoms with Crippen LogP contribution in [0.15, 0.2) is 35.0 Å². The lowest BCUT2D eigenvalue weighted by molar-refractivity contribution is 0.0600. The van der Waals surface area contributed by atoms with E-state index in [0.29, 0.717) is 29.1 Å². The third-order valence-corrected chi connectivity index (χ3v) is 2.90. The number of nitrogens with zero attached hydrogens (tertiary/aromatic N) is 2. The van der Waals surface area contributed by atoms with E-state index in [1.54, 1.807) is 24.5 Å². The first-order valence-corrected chi connectivity index (χ1v) is 6.32. The van der Waals surface area contributed by atoms with Crippen molar-refractivity contribution in [1.29, 1.82) is 0 Å². The number of nitrogen functional groups attached to an aromatic ring is 1. The maximum Gasteiger partial charge on any atom is 0.337 e. The molecular formula is C15H16N4O2. The average molecular weight is 284 g/mol. The van der Waals surface area contributed by atoms with Crippen molar-refractivity contribution in [2.45, 2.75) is 0 Å². The second-order valence-electron chi connectivity index (χ2n) is 4.25. The molecule has 0 fully saturated rings. The van der Waals surface area contributed by atoms with Crippen LogP contribution in [0.5, 0.6) is 0 Å². The number of methoxy groups -OCH3 is 1. The lowest BCUT2D eigenvalue weighted by atomic mass is 10.1. The first-order chi connectivity index (χ1) is 10.1. The van der Waals surface area contributed by atoms with Crippen molar-refractivity contribution in [1.82, 2.24) is 10.4 Å². The monoisotopic (exact) mass is 284 g/mol. The van der Waals surface area contributed by atoms with Crippen LogP contribution in [0, 0.1) is 11.8 Å². The number of carbonyl (C=O) groups excluding carboxylic acids is 1. The molecule has 1 aromatic carbocycles. The Labute approximate surface area is 123 Å². The van der Waals surface area contributed by atoms with Crippen LogP contribution >= 0.6 is 0 Å². The molecule has 3 N–H and O–H groups in total. The van der Waals surface area contributed by atoms with Gasteiger partial charge >= 0.3 is 5.97 Å². The minimum absolute atomic E-state index is 0.415. The highest BCUT2D eigenvalue weighted by molar-refractivity contribution is 5.90. The van der Waals surface area contributed by atoms with Crippen LogP contribution in [0.2, 0.25) is 0 Å². The van der Waals surface area contributed by atoms with E-state index in [2.05, 4.69) is 27.0 Å². The summed E-state index contributed by atoms with van der Waals surface area (Å²) in [5.41, 5.74) is 11.0. The summed E-state index contributed by atoms with van der Waals surface area (Å²) in [6.07, 6.45) is 3.56. The van der Waals surface area contributed by atoms with Crippen molar-refractivity contribution >= 4 is 18.0 Å². The zero-order valence-electron chi connectivity index (χ0n) is 11.9. The summed E-state index contributed by atoms with van der Waals surface area (Å²) in [4.78, 5) is 15.7. The quantitative estimate of drug-likeness (QED) is 0.476. The fourth-order valence-electron chi connectivity index (χ4n) is 1.69. The predicted molar refractivity (Wildman–Crippen MR) is 81.4 cm³/mol. The van der Waals surface area contributed by atoms with E-state index in [1.807, 2.05) is 18.1 Å². The number of anilines is 1. The highest BCUT2D eigenvalue weighted by Crippen LogP contribution is 2.14. The molecule has 0 spiro atoms. The van der Waals surface area contributed by atoms with Crippen molar-refractivity contribution in [3.8, 4) is 11.8 Å². The van der Waals surface area contributed by atoms with Gasteiger partial charge in [0.2, 0.25) is 0 Å². The Hall–Kier alpha value is -2.78. The third kappa shape index (κ3) is 3.61. The van der Waals surface area contributed by atoms with Crippen LogP contribution in [-0.4, -0.2) is 38.0 Å². The van der Waals surface area contributed by atoms with Crippen LogP contribution < -0.4 is 11.2 Å². The van der Waals surface area contributed by atoms with Gasteiger partial charge < -0.3 is 10.5 Å². The molecule has 1 aromatic rings. The standard InChI is InChI=1S/C15H16N4O2/c1-17-19-8-7-13(18-10-19)5-3-11-9-12(15(20)21-2)4-6-14(11)16/h4,6-7,9-10,17H,8,16H2,1-2H3. The minimum Gasteiger partial charge on any atom is -0.465 e. The summed E-state index contributed by atoms with van der Waals surface area (Å²) in [5, 5.41) is 1.82. The largest absolute Gasteiger partial charge is 0.465 e. The van der Waals surface area contributed by atoms with Gasteiger partial charge in [-0.2, -0.15) is 0 Å². The second-order valence-corrected chi connectivity index (χ2v) is 4.25. The fourth-order valence-corrected chi connectivity index (χ4v) is 1.69. The molecule has 108 valence electrons. The number of nitrogens with one attached hydrogen (secondary N) is 1. The van der Waals surface area contributed by atoms with E-state index in [4.69, 9.17) is 5.73 Å². The highest BCUT2D eigenvalue weighted by Gasteiger charge is 2.07. The molecule has 0 amide bonds. The number of hydrazine groups is 1. The van der Waals surface area contributed by atoms with Gasteiger partial charge in [-0.1, -0.05) is 5.92 Å². The molecule has 1 heterocycles. The van der Waals surface area contributed by atoms with Crippen molar-refractivity contribution in [3.05, 3.63) is 41.1 Å². The fraction of sp³-hybridized carbons (Fsp3) is 0.200. The summed E-state index contributed by atoms with van der Waals surface area (Å²) in [7, 11) is 3.15. The number of carbonyl (C=O) groups is 1. The molecule has 0 bridgehead atoms. The van der Waals surface area contributed by atoms with Crippen LogP contribution in [-0.2, 0) is 4.74 Å². The topological polar surface area (TPSA) is 80.0 Å². The van der Waals surface area contributed by atoms with Crippen LogP contribution in [0.1, 0.15) is 15.9 Å². The Morgan fingerprint density at radius 1 is 1.48 bits per heavy atom. The Kier molecular flexibility index (Phi) is 4.59. The van der Waals surface area contributed by atoms with E-state index in [-0.39, 0.29) is 0 Å². The van der Waals surface area contributed by atoms with E-state index in [9.17, 15) is 4.79 Å². The average Bonchev–Trinajstić information content (AvgIpc) is 2.53. The summed E-state index contributed by atoms with van der Waals surface area (Å²) in [6, 6.07) is 4.86. The van der Waals surface area contributed by atoms with Crippen LogP contribution in [0.4, 0.5) is 5.69 Å². The van der Waals surface area contributed by atoms with E-state index in [1.165, 1.54) is 7.11 Å². The minimum atomic E-state index is -0.419. The van der Waals surface area contributed by atoms with Gasteiger partial charge in [-0.3, -0.25) is 5.01 Å². The number of ether oxygens (including phenoxy) is 1. The van der Waals surface area contributed by atoms with Gasteiger partial charge in [0.05, 0.1) is 19.2 Å². The summed E-state index contributed by atoms with van der Waals surface area (Å²) in [6.45, 7) is 0.682. The second kappa shape index (κ2) is 6.59. The van der Waals surface area contributed by atoms with Gasteiger partial charge in [-0.05, 0) is 30.2 Å². The van der Waals surface area contributed by atoms with Gasteiger partial charge in [0.25, 0.3) is 0 Å². The van der Waals surface area contributed by atoms with Gasteiger partial charge in [-0.15, -0.1) is 0 Å². The Balaban J connectivity index is 2.21. The number of allylic oxidation sites excluding steroid dienone is 1. The van der Waals surface area contributed by atoms with Gasteiger partial charge in [-0.25, -0.2) is 15.2 Å². The summed E-state index contributed by atoms with van der Waals surface area (Å²) >= 11 is 0. The van der Waals surface area contributed by atoms with Crippen LogP contribution in [0.25, 0.3) is 0 Å². The zero-order valence-corrected chi connectivity index (χ0v) is 11.9. The van der Waals surface area contributed by atoms with Gasteiger partial charge in [0.15, 0.2) is 0 Å². The molecule has 0 saturated carbocycles. The molecule has 6 heteroatoms. The lowest BCUT2D eigenvalue weighted by Gasteiger charge is -2.18. The molecule has 0 radical (unpaired) electrons. The van der Waals surface area contributed by atoms with Crippen molar-refractivity contribution in [2.75, 3.05) is 26.4 Å². The molecule has 0 atom stereocenters. The van der Waals surface area contributed by atoms with E-state index < -0.39 is 5.97 Å². The van der Waals surface area contributed by atoms with Crippen molar-refractivity contribution in [3.63, 3.8) is 0 Å². The van der Waals surface area contributed by atoms with Crippen LogP contribution in [0.3, 0.4) is 0 Å².